The number of ether oxygens (including phenoxy) is 2. The second-order valence-corrected chi connectivity index (χ2v) is 14.7. The van der Waals surface area contributed by atoms with Gasteiger partial charge in [-0.3, -0.25) is 13.8 Å². The van der Waals surface area contributed by atoms with Gasteiger partial charge in [0.15, 0.2) is 0 Å². The van der Waals surface area contributed by atoms with Crippen LogP contribution in [0.3, 0.4) is 0 Å². The standard InChI is InChI=1S/C41H75O9P/c1-3-5-7-9-11-13-15-17-19-20-21-23-25-27-29-31-33-41(44)50-40(38-49-51(45,46)48-36-39(43)35-42)37-47-34-32-30-28-26-24-22-18-16-14-12-10-8-6-4-2/h6,8,12,14,18-20,22,39-40,42-43H,3-5,7,9-11,13,15-17,21,23-38H2,1-2H3,(H,45,46)/b8-6-,14-12-,20-19-,22-18-. The van der Waals surface area contributed by atoms with Crippen LogP contribution < -0.4 is 0 Å². The van der Waals surface area contributed by atoms with Crippen LogP contribution in [-0.2, 0) is 27.9 Å². The molecule has 0 aromatic heterocycles. The maximum absolute atomic E-state index is 12.6. The van der Waals surface area contributed by atoms with E-state index in [4.69, 9.17) is 23.6 Å². The van der Waals surface area contributed by atoms with Crippen LogP contribution in [0.4, 0.5) is 0 Å². The topological polar surface area (TPSA) is 132 Å². The van der Waals surface area contributed by atoms with E-state index >= 15 is 0 Å². The molecular weight excluding hydrogens is 667 g/mol. The van der Waals surface area contributed by atoms with Crippen LogP contribution in [-0.4, -0.2) is 66.3 Å². The number of hydrogen-bond acceptors (Lipinski definition) is 8. The van der Waals surface area contributed by atoms with Gasteiger partial charge in [-0.1, -0.05) is 133 Å². The van der Waals surface area contributed by atoms with Gasteiger partial charge >= 0.3 is 13.8 Å². The molecule has 51 heavy (non-hydrogen) atoms. The molecule has 0 saturated carbocycles. The van der Waals surface area contributed by atoms with Crippen molar-refractivity contribution in [3.05, 3.63) is 48.6 Å². The Hall–Kier alpha value is -1.58. The predicted octanol–water partition coefficient (Wildman–Crippen LogP) is 10.6. The first-order chi connectivity index (χ1) is 24.8. The van der Waals surface area contributed by atoms with Gasteiger partial charge < -0.3 is 24.6 Å². The van der Waals surface area contributed by atoms with Gasteiger partial charge in [0.25, 0.3) is 0 Å². The number of phosphoric ester groups is 1. The average molecular weight is 743 g/mol. The number of allylic oxidation sites excluding steroid dienone is 8. The summed E-state index contributed by atoms with van der Waals surface area (Å²) in [5, 5.41) is 18.3. The van der Waals surface area contributed by atoms with Gasteiger partial charge in [0, 0.05) is 13.0 Å². The number of aliphatic hydroxyl groups is 2. The fourth-order valence-corrected chi connectivity index (χ4v) is 5.98. The normalized spacial score (nSPS) is 14.7. The van der Waals surface area contributed by atoms with E-state index in [2.05, 4.69) is 62.5 Å². The minimum Gasteiger partial charge on any atom is -0.457 e. The third kappa shape index (κ3) is 38.0. The Morgan fingerprint density at radius 1 is 0.627 bits per heavy atom. The first kappa shape index (κ1) is 49.4. The lowest BCUT2D eigenvalue weighted by atomic mass is 10.1. The first-order valence-electron chi connectivity index (χ1n) is 20.1. The van der Waals surface area contributed by atoms with Crippen molar-refractivity contribution in [1.82, 2.24) is 0 Å². The Morgan fingerprint density at radius 2 is 1.12 bits per heavy atom. The largest absolute Gasteiger partial charge is 0.472 e. The predicted molar refractivity (Wildman–Crippen MR) is 210 cm³/mol. The van der Waals surface area contributed by atoms with Gasteiger partial charge in [-0.05, 0) is 70.6 Å². The Kier molecular flexibility index (Phi) is 37.0. The van der Waals surface area contributed by atoms with E-state index in [1.54, 1.807) is 0 Å². The Balaban J connectivity index is 4.26. The molecule has 0 spiro atoms. The van der Waals surface area contributed by atoms with Crippen molar-refractivity contribution in [1.29, 1.82) is 0 Å². The molecule has 0 saturated heterocycles. The van der Waals surface area contributed by atoms with E-state index in [1.807, 2.05) is 0 Å². The van der Waals surface area contributed by atoms with E-state index in [-0.39, 0.29) is 13.0 Å². The Bertz CT molecular complexity index is 934. The molecule has 3 atom stereocenters. The number of esters is 1. The highest BCUT2D eigenvalue weighted by Gasteiger charge is 2.26. The molecule has 0 heterocycles. The third-order valence-electron chi connectivity index (χ3n) is 8.25. The zero-order chi connectivity index (χ0) is 37.5. The van der Waals surface area contributed by atoms with E-state index in [9.17, 15) is 19.4 Å². The maximum atomic E-state index is 12.6. The lowest BCUT2D eigenvalue weighted by molar-refractivity contribution is -0.154. The fourth-order valence-electron chi connectivity index (χ4n) is 5.19. The zero-order valence-electron chi connectivity index (χ0n) is 32.3. The minimum absolute atomic E-state index is 0.0297. The highest BCUT2D eigenvalue weighted by molar-refractivity contribution is 7.47. The van der Waals surface area contributed by atoms with Crippen molar-refractivity contribution >= 4 is 13.8 Å². The van der Waals surface area contributed by atoms with Crippen LogP contribution in [0.2, 0.25) is 0 Å². The first-order valence-corrected chi connectivity index (χ1v) is 21.6. The number of carbonyl (C=O) groups excluding carboxylic acids is 1. The number of unbranched alkanes of at least 4 members (excludes halogenated alkanes) is 16. The molecule has 0 aliphatic heterocycles. The molecule has 0 aromatic rings. The molecule has 0 aliphatic carbocycles. The van der Waals surface area contributed by atoms with Crippen LogP contribution in [0.1, 0.15) is 162 Å². The zero-order valence-corrected chi connectivity index (χ0v) is 33.2. The second-order valence-electron chi connectivity index (χ2n) is 13.3. The van der Waals surface area contributed by atoms with Crippen LogP contribution >= 0.6 is 7.82 Å². The number of phosphoric acid groups is 1. The third-order valence-corrected chi connectivity index (χ3v) is 9.20. The number of aliphatic hydroxyl groups excluding tert-OH is 2. The fraction of sp³-hybridized carbons (Fsp3) is 0.780. The molecule has 9 nitrogen and oxygen atoms in total. The van der Waals surface area contributed by atoms with E-state index in [0.29, 0.717) is 13.0 Å². The van der Waals surface area contributed by atoms with Gasteiger partial charge in [0.05, 0.1) is 26.4 Å². The van der Waals surface area contributed by atoms with Crippen molar-refractivity contribution in [2.45, 2.75) is 174 Å². The van der Waals surface area contributed by atoms with Crippen LogP contribution in [0, 0.1) is 0 Å². The summed E-state index contributed by atoms with van der Waals surface area (Å²) in [5.74, 6) is -0.401. The summed E-state index contributed by atoms with van der Waals surface area (Å²) in [7, 11) is -4.52. The smallest absolute Gasteiger partial charge is 0.457 e. The summed E-state index contributed by atoms with van der Waals surface area (Å²) in [5.41, 5.74) is 0. The van der Waals surface area contributed by atoms with Crippen LogP contribution in [0.5, 0.6) is 0 Å². The maximum Gasteiger partial charge on any atom is 0.472 e. The monoisotopic (exact) mass is 743 g/mol. The van der Waals surface area contributed by atoms with Crippen molar-refractivity contribution in [3.8, 4) is 0 Å². The molecule has 298 valence electrons. The summed E-state index contributed by atoms with van der Waals surface area (Å²) in [6.45, 7) is 3.32. The quantitative estimate of drug-likeness (QED) is 0.0245. The summed E-state index contributed by atoms with van der Waals surface area (Å²) in [6, 6.07) is 0. The van der Waals surface area contributed by atoms with Gasteiger partial charge in [-0.25, -0.2) is 4.57 Å². The molecule has 3 unspecified atom stereocenters. The molecule has 0 fully saturated rings. The summed E-state index contributed by atoms with van der Waals surface area (Å²) in [6.07, 6.45) is 40.7. The highest BCUT2D eigenvalue weighted by Crippen LogP contribution is 2.43. The number of carbonyl (C=O) groups is 1. The summed E-state index contributed by atoms with van der Waals surface area (Å²) < 4.78 is 33.2. The Morgan fingerprint density at radius 3 is 1.71 bits per heavy atom. The highest BCUT2D eigenvalue weighted by atomic mass is 31.2. The molecule has 0 rings (SSSR count). The van der Waals surface area contributed by atoms with E-state index in [0.717, 1.165) is 83.5 Å². The molecule has 3 N–H and O–H groups in total. The minimum atomic E-state index is -4.52. The van der Waals surface area contributed by atoms with Gasteiger partial charge in [0.2, 0.25) is 0 Å². The molecule has 0 bridgehead atoms. The number of hydrogen-bond donors (Lipinski definition) is 3. The van der Waals surface area contributed by atoms with Crippen LogP contribution in [0.15, 0.2) is 48.6 Å². The molecule has 0 amide bonds. The SMILES string of the molecule is CC/C=C\C/C=C\C/C=C\CCCCCCOCC(COP(=O)(O)OCC(O)CO)OC(=O)CCCCCCC/C=C\CCCCCCCCC. The molecular formula is C41H75O9P. The molecule has 0 aromatic carbocycles. The Labute approximate surface area is 311 Å². The van der Waals surface area contributed by atoms with Crippen molar-refractivity contribution in [3.63, 3.8) is 0 Å². The average Bonchev–Trinajstić information content (AvgIpc) is 3.12. The van der Waals surface area contributed by atoms with Gasteiger partial charge in [-0.2, -0.15) is 0 Å². The van der Waals surface area contributed by atoms with Crippen molar-refractivity contribution < 1.29 is 43.0 Å². The summed E-state index contributed by atoms with van der Waals surface area (Å²) >= 11 is 0. The number of rotatable bonds is 38. The molecule has 0 aliphatic rings. The lowest BCUT2D eigenvalue weighted by Crippen LogP contribution is -2.29. The second kappa shape index (κ2) is 38.2. The van der Waals surface area contributed by atoms with E-state index < -0.39 is 45.8 Å². The van der Waals surface area contributed by atoms with Gasteiger partial charge in [-0.15, -0.1) is 0 Å². The van der Waals surface area contributed by atoms with E-state index in [1.165, 1.54) is 51.4 Å². The summed E-state index contributed by atoms with van der Waals surface area (Å²) in [4.78, 5) is 22.5. The molecule has 10 heteroatoms. The lowest BCUT2D eigenvalue weighted by Gasteiger charge is -2.20. The van der Waals surface area contributed by atoms with Crippen molar-refractivity contribution in [2.75, 3.05) is 33.0 Å². The van der Waals surface area contributed by atoms with Gasteiger partial charge in [0.1, 0.15) is 12.2 Å². The van der Waals surface area contributed by atoms with Crippen molar-refractivity contribution in [2.24, 2.45) is 0 Å². The van der Waals surface area contributed by atoms with Crippen LogP contribution in [0.25, 0.3) is 0 Å². The molecule has 0 radical (unpaired) electrons.